The maximum atomic E-state index is 12.7. The van der Waals surface area contributed by atoms with Gasteiger partial charge in [-0.3, -0.25) is 14.4 Å². The average molecular weight is 353 g/mol. The van der Waals surface area contributed by atoms with Gasteiger partial charge >= 0.3 is 5.97 Å². The van der Waals surface area contributed by atoms with E-state index in [0.717, 1.165) is 4.31 Å². The Morgan fingerprint density at radius 3 is 2.50 bits per heavy atom. The molecule has 0 radical (unpaired) electrons. The number of hydrogen-bond acceptors (Lipinski definition) is 5. The topological polar surface area (TPSA) is 133 Å². The summed E-state index contributed by atoms with van der Waals surface area (Å²) in [5.74, 6) is -2.23. The van der Waals surface area contributed by atoms with Gasteiger partial charge in [-0.2, -0.15) is 4.31 Å². The fourth-order valence-corrected chi connectivity index (χ4v) is 4.52. The lowest BCUT2D eigenvalue weighted by Crippen LogP contribution is -2.40. The van der Waals surface area contributed by atoms with Gasteiger partial charge in [0.15, 0.2) is 0 Å². The van der Waals surface area contributed by atoms with E-state index in [1.54, 1.807) is 0 Å². The van der Waals surface area contributed by atoms with E-state index in [4.69, 9.17) is 0 Å². The highest BCUT2D eigenvalue weighted by atomic mass is 32.2. The predicted molar refractivity (Wildman–Crippen MR) is 82.9 cm³/mol. The number of carbonyl (C=O) groups excluding carboxylic acids is 2. The Morgan fingerprint density at radius 2 is 1.83 bits per heavy atom. The Bertz CT molecular complexity index is 835. The Balaban J connectivity index is 1.99. The molecular weight excluding hydrogens is 338 g/mol. The maximum absolute atomic E-state index is 12.7. The number of nitrogens with zero attached hydrogens (tertiary/aromatic N) is 1. The van der Waals surface area contributed by atoms with Crippen molar-refractivity contribution in [2.75, 3.05) is 17.2 Å². The average Bonchev–Trinajstić information content (AvgIpc) is 2.94. The minimum absolute atomic E-state index is 0.124. The molecule has 0 aromatic heterocycles. The van der Waals surface area contributed by atoms with Crippen molar-refractivity contribution in [2.45, 2.75) is 30.2 Å². The molecule has 0 bridgehead atoms. The number of amides is 2. The normalized spacial score (nSPS) is 21.6. The van der Waals surface area contributed by atoms with E-state index in [2.05, 4.69) is 10.6 Å². The van der Waals surface area contributed by atoms with Crippen molar-refractivity contribution in [2.24, 2.45) is 0 Å². The van der Waals surface area contributed by atoms with Gasteiger partial charge in [0, 0.05) is 6.54 Å². The van der Waals surface area contributed by atoms with Crippen LogP contribution in [-0.2, 0) is 24.4 Å². The lowest BCUT2D eigenvalue weighted by atomic mass is 10.2. The van der Waals surface area contributed by atoms with Crippen LogP contribution in [0.3, 0.4) is 0 Å². The molecule has 1 saturated heterocycles. The number of aliphatic carboxylic acids is 1. The first-order chi connectivity index (χ1) is 11.3. The van der Waals surface area contributed by atoms with Gasteiger partial charge in [0.25, 0.3) is 0 Å². The van der Waals surface area contributed by atoms with Crippen molar-refractivity contribution in [3.8, 4) is 0 Å². The van der Waals surface area contributed by atoms with Gasteiger partial charge in [0.1, 0.15) is 12.5 Å². The number of nitrogens with one attached hydrogen (secondary N) is 2. The summed E-state index contributed by atoms with van der Waals surface area (Å²) >= 11 is 0. The lowest BCUT2D eigenvalue weighted by molar-refractivity contribution is -0.140. The van der Waals surface area contributed by atoms with Crippen molar-refractivity contribution >= 4 is 39.2 Å². The third-order valence-electron chi connectivity index (χ3n) is 3.96. The zero-order chi connectivity index (χ0) is 17.5. The second-order valence-electron chi connectivity index (χ2n) is 5.59. The lowest BCUT2D eigenvalue weighted by Gasteiger charge is -2.21. The number of anilines is 2. The van der Waals surface area contributed by atoms with Crippen LogP contribution in [0.1, 0.15) is 19.3 Å². The number of benzene rings is 1. The van der Waals surface area contributed by atoms with Gasteiger partial charge in [-0.1, -0.05) is 0 Å². The monoisotopic (exact) mass is 353 g/mol. The molecule has 1 aromatic carbocycles. The van der Waals surface area contributed by atoms with Crippen LogP contribution in [0.4, 0.5) is 11.4 Å². The number of rotatable bonds is 3. The molecular formula is C14H15N3O6S. The van der Waals surface area contributed by atoms with Crippen molar-refractivity contribution in [3.05, 3.63) is 18.2 Å². The molecule has 2 aliphatic rings. The van der Waals surface area contributed by atoms with Crippen LogP contribution in [0.5, 0.6) is 0 Å². The van der Waals surface area contributed by atoms with Crippen LogP contribution in [0.25, 0.3) is 0 Å². The van der Waals surface area contributed by atoms with Crippen molar-refractivity contribution in [1.29, 1.82) is 0 Å². The number of hydrogen-bond donors (Lipinski definition) is 3. The van der Waals surface area contributed by atoms with Crippen molar-refractivity contribution in [3.63, 3.8) is 0 Å². The molecule has 24 heavy (non-hydrogen) atoms. The zero-order valence-corrected chi connectivity index (χ0v) is 13.3. The van der Waals surface area contributed by atoms with E-state index in [1.807, 2.05) is 0 Å². The zero-order valence-electron chi connectivity index (χ0n) is 12.5. The molecule has 3 rings (SSSR count). The van der Waals surface area contributed by atoms with Crippen LogP contribution >= 0.6 is 0 Å². The number of sulfonamides is 1. The molecule has 10 heteroatoms. The third kappa shape index (κ3) is 2.85. The number of carbonyl (C=O) groups is 3. The number of carboxylic acids is 1. The maximum Gasteiger partial charge on any atom is 0.322 e. The fraction of sp³-hybridized carbons (Fsp3) is 0.357. The summed E-state index contributed by atoms with van der Waals surface area (Å²) in [7, 11) is -4.02. The van der Waals surface area contributed by atoms with Gasteiger partial charge in [-0.05, 0) is 31.0 Å². The molecule has 128 valence electrons. The number of carboxylic acid groups (broad SMARTS) is 1. The standard InChI is InChI=1S/C14H15N3O6S/c18-12-7-13(19)16-10-6-8(3-4-9(10)15-12)24(22,23)17-5-1-2-11(17)14(20)21/h3-4,6,11H,1-2,5,7H2,(H,15,18)(H,16,19)(H,20,21)/t11-/m0/s1. The van der Waals surface area contributed by atoms with Crippen LogP contribution in [0.2, 0.25) is 0 Å². The first-order valence-corrected chi connectivity index (χ1v) is 8.71. The Morgan fingerprint density at radius 1 is 1.17 bits per heavy atom. The van der Waals surface area contributed by atoms with Gasteiger partial charge in [0.2, 0.25) is 21.8 Å². The second kappa shape index (κ2) is 5.87. The Hall–Kier alpha value is -2.46. The van der Waals surface area contributed by atoms with Gasteiger partial charge in [-0.15, -0.1) is 0 Å². The molecule has 9 nitrogen and oxygen atoms in total. The molecule has 2 aliphatic heterocycles. The van der Waals surface area contributed by atoms with E-state index >= 15 is 0 Å². The third-order valence-corrected chi connectivity index (χ3v) is 5.86. The highest BCUT2D eigenvalue weighted by Crippen LogP contribution is 2.31. The van der Waals surface area contributed by atoms with Crippen LogP contribution in [0, 0.1) is 0 Å². The van der Waals surface area contributed by atoms with E-state index in [9.17, 15) is 27.9 Å². The van der Waals surface area contributed by atoms with E-state index in [1.165, 1.54) is 18.2 Å². The summed E-state index contributed by atoms with van der Waals surface area (Å²) in [5.41, 5.74) is 0.457. The van der Waals surface area contributed by atoms with Gasteiger partial charge in [0.05, 0.1) is 16.3 Å². The summed E-state index contributed by atoms with van der Waals surface area (Å²) in [4.78, 5) is 34.2. The van der Waals surface area contributed by atoms with E-state index < -0.39 is 33.8 Å². The smallest absolute Gasteiger partial charge is 0.322 e. The Kier molecular flexibility index (Phi) is 4.01. The molecule has 1 fully saturated rings. The highest BCUT2D eigenvalue weighted by Gasteiger charge is 2.39. The summed E-state index contributed by atoms with van der Waals surface area (Å²) in [5, 5.41) is 14.1. The van der Waals surface area contributed by atoms with Gasteiger partial charge < -0.3 is 15.7 Å². The number of fused-ring (bicyclic) bond motifs is 1. The summed E-state index contributed by atoms with van der Waals surface area (Å²) in [6, 6.07) is 2.79. The highest BCUT2D eigenvalue weighted by molar-refractivity contribution is 7.89. The first kappa shape index (κ1) is 16.4. The van der Waals surface area contributed by atoms with Gasteiger partial charge in [-0.25, -0.2) is 8.42 Å². The molecule has 1 atom stereocenters. The molecule has 2 amide bonds. The fourth-order valence-electron chi connectivity index (χ4n) is 2.84. The predicted octanol–water partition coefficient (Wildman–Crippen LogP) is 0.205. The van der Waals surface area contributed by atoms with Crippen LogP contribution < -0.4 is 10.6 Å². The molecule has 0 aliphatic carbocycles. The van der Waals surface area contributed by atoms with E-state index in [0.29, 0.717) is 12.1 Å². The largest absolute Gasteiger partial charge is 0.480 e. The summed E-state index contributed by atoms with van der Waals surface area (Å²) in [6.45, 7) is 0.124. The first-order valence-electron chi connectivity index (χ1n) is 7.27. The summed E-state index contributed by atoms with van der Waals surface area (Å²) in [6.07, 6.45) is 0.365. The molecule has 0 unspecified atom stereocenters. The molecule has 3 N–H and O–H groups in total. The summed E-state index contributed by atoms with van der Waals surface area (Å²) < 4.78 is 26.4. The van der Waals surface area contributed by atoms with Crippen molar-refractivity contribution in [1.82, 2.24) is 4.31 Å². The van der Waals surface area contributed by atoms with Crippen LogP contribution in [0.15, 0.2) is 23.1 Å². The van der Waals surface area contributed by atoms with Crippen LogP contribution in [-0.4, -0.2) is 48.2 Å². The molecule has 2 heterocycles. The SMILES string of the molecule is O=C1CC(=O)Nc2cc(S(=O)(=O)N3CCC[C@H]3C(=O)O)ccc2N1. The minimum Gasteiger partial charge on any atom is -0.480 e. The minimum atomic E-state index is -4.02. The van der Waals surface area contributed by atoms with E-state index in [-0.39, 0.29) is 30.0 Å². The molecule has 0 saturated carbocycles. The quantitative estimate of drug-likeness (QED) is 0.665. The van der Waals surface area contributed by atoms with Crippen molar-refractivity contribution < 1.29 is 27.9 Å². The molecule has 1 aromatic rings. The molecule has 0 spiro atoms. The second-order valence-corrected chi connectivity index (χ2v) is 7.48. The Labute approximate surface area is 137 Å².